The van der Waals surface area contributed by atoms with E-state index >= 15 is 0 Å². The van der Waals surface area contributed by atoms with Gasteiger partial charge in [0.2, 0.25) is 0 Å². The summed E-state index contributed by atoms with van der Waals surface area (Å²) in [6.07, 6.45) is -0.877. The first kappa shape index (κ1) is 21.5. The second-order valence-electron chi connectivity index (χ2n) is 9.10. The second-order valence-corrected chi connectivity index (χ2v) is 22.5. The van der Waals surface area contributed by atoms with E-state index in [4.69, 9.17) is 22.8 Å². The highest BCUT2D eigenvalue weighted by Gasteiger charge is 2.47. The second kappa shape index (κ2) is 7.77. The molecule has 1 rings (SSSR count). The lowest BCUT2D eigenvalue weighted by atomic mass is 10.1. The van der Waals surface area contributed by atoms with Gasteiger partial charge in [0, 0.05) is 7.11 Å². The maximum absolute atomic E-state index is 6.50. The molecule has 1 aliphatic rings. The number of hydrogen-bond donors (Lipinski definition) is 0. The molecule has 5 nitrogen and oxygen atoms in total. The Balaban J connectivity index is 3.08. The zero-order valence-electron chi connectivity index (χ0n) is 16.6. The zero-order valence-corrected chi connectivity index (χ0v) is 19.6. The summed E-state index contributed by atoms with van der Waals surface area (Å²) < 4.78 is 30.7. The van der Waals surface area contributed by atoms with Gasteiger partial charge >= 0.3 is 0 Å². The first-order valence-electron chi connectivity index (χ1n) is 8.40. The predicted octanol–water partition coefficient (Wildman–Crippen LogP) is 3.65. The monoisotopic (exact) mass is 380 g/mol. The van der Waals surface area contributed by atoms with Gasteiger partial charge in [0.25, 0.3) is 0 Å². The van der Waals surface area contributed by atoms with Gasteiger partial charge in [-0.15, -0.1) is 0 Å². The Morgan fingerprint density at radius 3 is 1.52 bits per heavy atom. The van der Waals surface area contributed by atoms with Crippen LogP contribution in [-0.4, -0.2) is 63.3 Å². The Kier molecular flexibility index (Phi) is 7.27. The third kappa shape index (κ3) is 7.91. The molecule has 0 N–H and O–H groups in total. The topological polar surface area (TPSA) is 46.2 Å². The van der Waals surface area contributed by atoms with Crippen molar-refractivity contribution >= 4 is 25.0 Å². The summed E-state index contributed by atoms with van der Waals surface area (Å²) in [7, 11) is -3.59. The van der Waals surface area contributed by atoms with Crippen molar-refractivity contribution in [3.63, 3.8) is 0 Å². The van der Waals surface area contributed by atoms with Crippen molar-refractivity contribution in [3.8, 4) is 0 Å². The summed E-state index contributed by atoms with van der Waals surface area (Å²) in [5.74, 6) is 0. The average Bonchev–Trinajstić information content (AvgIpc) is 2.28. The fourth-order valence-corrected chi connectivity index (χ4v) is 5.86. The van der Waals surface area contributed by atoms with Gasteiger partial charge in [-0.1, -0.05) is 0 Å². The summed E-state index contributed by atoms with van der Waals surface area (Å²) in [6, 6.07) is 0. The van der Waals surface area contributed by atoms with Crippen molar-refractivity contribution in [3.05, 3.63) is 0 Å². The molecule has 0 radical (unpaired) electrons. The molecule has 0 aromatic carbocycles. The van der Waals surface area contributed by atoms with E-state index in [1.807, 2.05) is 0 Å². The standard InChI is InChI=1S/C15H36O5Si3/c1-16-15-14(20-23(8,9)10)13(19-22(5,6)7)12(11-17-15)18-21(2,3)4/h12-15H,11H2,1-10H3/t12-,13+,14-,15-/m1/s1. The number of rotatable bonds is 7. The molecular weight excluding hydrogens is 344 g/mol. The van der Waals surface area contributed by atoms with Gasteiger partial charge in [-0.2, -0.15) is 0 Å². The fraction of sp³-hybridized carbons (Fsp3) is 1.00. The Bertz CT molecular complexity index is 373. The minimum absolute atomic E-state index is 0.0962. The first-order valence-corrected chi connectivity index (χ1v) is 18.6. The summed E-state index contributed by atoms with van der Waals surface area (Å²) in [4.78, 5) is 0. The van der Waals surface area contributed by atoms with Crippen molar-refractivity contribution in [2.45, 2.75) is 83.5 Å². The third-order valence-corrected chi connectivity index (χ3v) is 6.07. The van der Waals surface area contributed by atoms with Crippen LogP contribution in [0.25, 0.3) is 0 Å². The molecule has 0 amide bonds. The molecule has 138 valence electrons. The Morgan fingerprint density at radius 2 is 1.13 bits per heavy atom. The summed E-state index contributed by atoms with van der Waals surface area (Å²) in [5.41, 5.74) is 0. The van der Waals surface area contributed by atoms with E-state index in [0.717, 1.165) is 0 Å². The Morgan fingerprint density at radius 1 is 0.696 bits per heavy atom. The van der Waals surface area contributed by atoms with Crippen LogP contribution in [0.2, 0.25) is 58.9 Å². The maximum Gasteiger partial charge on any atom is 0.184 e. The lowest BCUT2D eigenvalue weighted by Crippen LogP contribution is -2.62. The molecule has 0 spiro atoms. The van der Waals surface area contributed by atoms with E-state index in [1.54, 1.807) is 7.11 Å². The zero-order chi connectivity index (χ0) is 18.1. The van der Waals surface area contributed by atoms with Crippen LogP contribution in [0, 0.1) is 0 Å². The number of hydrogen-bond acceptors (Lipinski definition) is 5. The fourth-order valence-electron chi connectivity index (χ4n) is 2.59. The highest BCUT2D eigenvalue weighted by atomic mass is 28.4. The maximum atomic E-state index is 6.50. The van der Waals surface area contributed by atoms with Crippen LogP contribution in [0.4, 0.5) is 0 Å². The molecule has 0 bridgehead atoms. The van der Waals surface area contributed by atoms with E-state index < -0.39 is 31.2 Å². The molecular formula is C15H36O5Si3. The summed E-state index contributed by atoms with van der Waals surface area (Å²) in [5, 5.41) is 0. The van der Waals surface area contributed by atoms with Crippen molar-refractivity contribution in [2.24, 2.45) is 0 Å². The van der Waals surface area contributed by atoms with E-state index in [9.17, 15) is 0 Å². The van der Waals surface area contributed by atoms with Crippen molar-refractivity contribution in [1.82, 2.24) is 0 Å². The SMILES string of the molecule is CO[C@@H]1OC[C@@H](O[Si](C)(C)C)[C@H](O[Si](C)(C)C)[C@H]1O[Si](C)(C)C. The van der Waals surface area contributed by atoms with Crippen LogP contribution in [-0.2, 0) is 22.8 Å². The van der Waals surface area contributed by atoms with Crippen molar-refractivity contribution < 1.29 is 22.8 Å². The minimum Gasteiger partial charge on any atom is -0.410 e. The molecule has 0 aliphatic carbocycles. The molecule has 0 aromatic heterocycles. The quantitative estimate of drug-likeness (QED) is 0.631. The van der Waals surface area contributed by atoms with Gasteiger partial charge in [-0.3, -0.25) is 0 Å². The van der Waals surface area contributed by atoms with Crippen molar-refractivity contribution in [2.75, 3.05) is 13.7 Å². The van der Waals surface area contributed by atoms with Crippen LogP contribution < -0.4 is 0 Å². The Hall–Kier alpha value is 0.451. The third-order valence-electron chi connectivity index (χ3n) is 3.10. The van der Waals surface area contributed by atoms with E-state index in [0.29, 0.717) is 6.61 Å². The summed E-state index contributed by atoms with van der Waals surface area (Å²) in [6.45, 7) is 20.2. The van der Waals surface area contributed by atoms with E-state index in [-0.39, 0.29) is 18.3 Å². The van der Waals surface area contributed by atoms with Gasteiger partial charge < -0.3 is 22.8 Å². The molecule has 0 unspecified atom stereocenters. The summed E-state index contributed by atoms with van der Waals surface area (Å²) >= 11 is 0. The van der Waals surface area contributed by atoms with Gasteiger partial charge in [0.15, 0.2) is 31.2 Å². The smallest absolute Gasteiger partial charge is 0.184 e. The largest absolute Gasteiger partial charge is 0.410 e. The van der Waals surface area contributed by atoms with Gasteiger partial charge in [0.1, 0.15) is 12.2 Å². The lowest BCUT2D eigenvalue weighted by Gasteiger charge is -2.47. The molecule has 1 aliphatic heterocycles. The molecule has 1 fully saturated rings. The van der Waals surface area contributed by atoms with Gasteiger partial charge in [-0.25, -0.2) is 0 Å². The number of methoxy groups -OCH3 is 1. The molecule has 4 atom stereocenters. The first-order chi connectivity index (χ1) is 10.2. The van der Waals surface area contributed by atoms with E-state index in [2.05, 4.69) is 58.9 Å². The minimum atomic E-state index is -1.78. The molecule has 8 heteroatoms. The normalized spacial score (nSPS) is 30.5. The van der Waals surface area contributed by atoms with E-state index in [1.165, 1.54) is 0 Å². The van der Waals surface area contributed by atoms with Gasteiger partial charge in [0.05, 0.1) is 12.7 Å². The van der Waals surface area contributed by atoms with Crippen LogP contribution in [0.5, 0.6) is 0 Å². The van der Waals surface area contributed by atoms with Crippen LogP contribution >= 0.6 is 0 Å². The molecule has 0 saturated carbocycles. The van der Waals surface area contributed by atoms with Crippen LogP contribution in [0.15, 0.2) is 0 Å². The predicted molar refractivity (Wildman–Crippen MR) is 101 cm³/mol. The van der Waals surface area contributed by atoms with Gasteiger partial charge in [-0.05, 0) is 58.9 Å². The molecule has 23 heavy (non-hydrogen) atoms. The Labute approximate surface area is 145 Å². The average molecular weight is 381 g/mol. The lowest BCUT2D eigenvalue weighted by molar-refractivity contribution is -0.250. The molecule has 0 aromatic rings. The molecule has 1 saturated heterocycles. The number of ether oxygens (including phenoxy) is 2. The molecule has 1 heterocycles. The van der Waals surface area contributed by atoms with Crippen molar-refractivity contribution in [1.29, 1.82) is 0 Å². The highest BCUT2D eigenvalue weighted by Crippen LogP contribution is 2.30. The van der Waals surface area contributed by atoms with Crippen LogP contribution in [0.1, 0.15) is 0 Å². The van der Waals surface area contributed by atoms with Crippen LogP contribution in [0.3, 0.4) is 0 Å². The highest BCUT2D eigenvalue weighted by molar-refractivity contribution is 6.70.